The van der Waals surface area contributed by atoms with Crippen LogP contribution in [-0.4, -0.2) is 68.9 Å². The molecule has 0 aromatic carbocycles. The number of hydrogen-bond acceptors (Lipinski definition) is 1. The maximum Gasteiger partial charge on any atom is 0.306 e. The molecule has 0 aliphatic rings. The van der Waals surface area contributed by atoms with Gasteiger partial charge in [0.15, 0.2) is 0 Å². The SMILES string of the molecule is CC(CC(C)(C)C)C(=O)O.[B]B([B])B([B])B([B])[B]. The highest BCUT2D eigenvalue weighted by atomic mass is 16.4. The first-order valence-corrected chi connectivity index (χ1v) is 5.89. The Balaban J connectivity index is 0. The van der Waals surface area contributed by atoms with Crippen LogP contribution in [-0.2, 0) is 4.79 Å². The van der Waals surface area contributed by atoms with Crippen molar-refractivity contribution in [1.82, 2.24) is 0 Å². The lowest BCUT2D eigenvalue weighted by Gasteiger charge is -2.20. The average Bonchev–Trinajstić information content (AvgIpc) is 2.14. The molecular formula is C8H16B8O2. The van der Waals surface area contributed by atoms with E-state index in [2.05, 4.69) is 0 Å². The molecule has 0 spiro atoms. The van der Waals surface area contributed by atoms with Crippen LogP contribution in [0.5, 0.6) is 0 Å². The average molecular weight is 231 g/mol. The third-order valence-electron chi connectivity index (χ3n) is 2.23. The van der Waals surface area contributed by atoms with Crippen molar-refractivity contribution in [3.05, 3.63) is 0 Å². The molecule has 0 bridgehead atoms. The molecule has 2 nitrogen and oxygen atoms in total. The summed E-state index contributed by atoms with van der Waals surface area (Å²) in [6.45, 7) is 7.89. The summed E-state index contributed by atoms with van der Waals surface area (Å²) in [7, 11) is 25.8. The van der Waals surface area contributed by atoms with E-state index in [0.29, 0.717) is 0 Å². The van der Waals surface area contributed by atoms with Crippen LogP contribution in [0, 0.1) is 11.3 Å². The molecule has 0 aliphatic carbocycles. The molecule has 0 aromatic heterocycles. The lowest BCUT2D eigenvalue weighted by molar-refractivity contribution is -0.142. The Morgan fingerprint density at radius 3 is 1.50 bits per heavy atom. The number of hydrogen-bond donors (Lipinski definition) is 1. The van der Waals surface area contributed by atoms with E-state index in [1.54, 1.807) is 6.92 Å². The molecule has 1 N–H and O–H groups in total. The van der Waals surface area contributed by atoms with E-state index < -0.39 is 25.1 Å². The van der Waals surface area contributed by atoms with Crippen molar-refractivity contribution in [1.29, 1.82) is 0 Å². The van der Waals surface area contributed by atoms with Crippen molar-refractivity contribution in [3.63, 3.8) is 0 Å². The van der Waals surface area contributed by atoms with E-state index in [9.17, 15) is 4.79 Å². The van der Waals surface area contributed by atoms with Crippen LogP contribution in [0.15, 0.2) is 0 Å². The summed E-state index contributed by atoms with van der Waals surface area (Å²) in [6, 6.07) is 0. The second-order valence-corrected chi connectivity index (χ2v) is 5.74. The molecule has 0 saturated heterocycles. The maximum absolute atomic E-state index is 10.4. The second-order valence-electron chi connectivity index (χ2n) is 5.74. The van der Waals surface area contributed by atoms with Crippen molar-refractivity contribution >= 4 is 63.8 Å². The van der Waals surface area contributed by atoms with Gasteiger partial charge in [-0.2, -0.15) is 0 Å². The Morgan fingerprint density at radius 2 is 1.44 bits per heavy atom. The van der Waals surface area contributed by atoms with E-state index in [0.717, 1.165) is 6.42 Å². The van der Waals surface area contributed by atoms with Crippen LogP contribution in [0.4, 0.5) is 0 Å². The van der Waals surface area contributed by atoms with Crippen LogP contribution in [0.3, 0.4) is 0 Å². The van der Waals surface area contributed by atoms with Crippen LogP contribution >= 0.6 is 0 Å². The van der Waals surface area contributed by atoms with Crippen LogP contribution in [0.1, 0.15) is 34.1 Å². The van der Waals surface area contributed by atoms with E-state index in [1.807, 2.05) is 20.8 Å². The summed E-state index contributed by atoms with van der Waals surface area (Å²) in [5.41, 5.74) is 0.123. The smallest absolute Gasteiger partial charge is 0.306 e. The van der Waals surface area contributed by atoms with Gasteiger partial charge in [0, 0.05) is 57.8 Å². The van der Waals surface area contributed by atoms with Gasteiger partial charge in [0.1, 0.15) is 0 Å². The largest absolute Gasteiger partial charge is 0.481 e. The lowest BCUT2D eigenvalue weighted by Crippen LogP contribution is -2.52. The molecule has 18 heavy (non-hydrogen) atoms. The molecule has 1 atom stereocenters. The minimum absolute atomic E-state index is 0.123. The Labute approximate surface area is 119 Å². The number of rotatable bonds is 4. The zero-order valence-corrected chi connectivity index (χ0v) is 11.8. The highest BCUT2D eigenvalue weighted by Crippen LogP contribution is 2.23. The van der Waals surface area contributed by atoms with Gasteiger partial charge in [0.2, 0.25) is 0 Å². The predicted molar refractivity (Wildman–Crippen MR) is 86.9 cm³/mol. The summed E-state index contributed by atoms with van der Waals surface area (Å²) < 4.78 is 0. The molecule has 10 radical (unpaired) electrons. The van der Waals surface area contributed by atoms with E-state index in [1.165, 1.54) is 0 Å². The highest BCUT2D eigenvalue weighted by molar-refractivity contribution is 7.89. The zero-order chi connectivity index (χ0) is 15.1. The van der Waals surface area contributed by atoms with Crippen molar-refractivity contribution in [2.24, 2.45) is 11.3 Å². The summed E-state index contributed by atoms with van der Waals surface area (Å²) in [5, 5.41) is 8.55. The maximum atomic E-state index is 10.4. The van der Waals surface area contributed by atoms with Gasteiger partial charge in [-0.3, -0.25) is 4.79 Å². The molecular weight excluding hydrogens is 215 g/mol. The summed E-state index contributed by atoms with van der Waals surface area (Å²) >= 11 is 0. The number of aliphatic carboxylic acids is 1. The predicted octanol–water partition coefficient (Wildman–Crippen LogP) is -0.903. The number of carbonyl (C=O) groups is 1. The van der Waals surface area contributed by atoms with Gasteiger partial charge in [-0.05, 0) is 11.8 Å². The normalized spacial score (nSPS) is 11.8. The van der Waals surface area contributed by atoms with E-state index >= 15 is 0 Å². The van der Waals surface area contributed by atoms with Gasteiger partial charge in [-0.15, -0.1) is 0 Å². The van der Waals surface area contributed by atoms with Gasteiger partial charge in [-0.1, -0.05) is 27.7 Å². The van der Waals surface area contributed by atoms with Crippen LogP contribution < -0.4 is 0 Å². The topological polar surface area (TPSA) is 37.3 Å². The van der Waals surface area contributed by atoms with E-state index in [-0.39, 0.29) is 11.3 Å². The van der Waals surface area contributed by atoms with E-state index in [4.69, 9.17) is 43.8 Å². The summed E-state index contributed by atoms with van der Waals surface area (Å²) in [6.07, 6.45) is -1.04. The molecule has 0 saturated carbocycles. The standard InChI is InChI=1S/C8H16O2.B8/c1-6(7(9)10)5-8(2,3)4;1-6(2)8(5)7(3)4/h6H,5H2,1-4H3,(H,9,10);. The number of carboxylic acid groups (broad SMARTS) is 1. The molecule has 0 amide bonds. The Morgan fingerprint density at radius 1 is 1.11 bits per heavy atom. The van der Waals surface area contributed by atoms with Gasteiger partial charge in [0.25, 0.3) is 0 Å². The van der Waals surface area contributed by atoms with Crippen molar-refractivity contribution in [3.8, 4) is 0 Å². The van der Waals surface area contributed by atoms with Gasteiger partial charge < -0.3 is 5.11 Å². The molecule has 0 heterocycles. The first-order chi connectivity index (χ1) is 7.88. The van der Waals surface area contributed by atoms with Crippen molar-refractivity contribution in [2.45, 2.75) is 34.1 Å². The molecule has 84 valence electrons. The third kappa shape index (κ3) is 12.4. The van der Waals surface area contributed by atoms with Gasteiger partial charge >= 0.3 is 5.97 Å². The van der Waals surface area contributed by atoms with Crippen molar-refractivity contribution < 1.29 is 9.90 Å². The first-order valence-electron chi connectivity index (χ1n) is 5.89. The van der Waals surface area contributed by atoms with Crippen LogP contribution in [0.2, 0.25) is 0 Å². The first kappa shape index (κ1) is 20.3. The van der Waals surface area contributed by atoms with Gasteiger partial charge in [-0.25, -0.2) is 0 Å². The second kappa shape index (κ2) is 8.98. The lowest BCUT2D eigenvalue weighted by atomic mass is 8.68. The fraction of sp³-hybridized carbons (Fsp3) is 0.875. The minimum Gasteiger partial charge on any atom is -0.481 e. The molecule has 1 unspecified atom stereocenters. The molecule has 0 aromatic rings. The Bertz CT molecular complexity index is 232. The zero-order valence-electron chi connectivity index (χ0n) is 11.8. The number of carboxylic acids is 1. The van der Waals surface area contributed by atoms with Gasteiger partial charge in [0.05, 0.1) is 5.92 Å². The molecule has 10 heteroatoms. The van der Waals surface area contributed by atoms with Crippen LogP contribution in [0.25, 0.3) is 0 Å². The third-order valence-corrected chi connectivity index (χ3v) is 2.23. The monoisotopic (exact) mass is 232 g/mol. The van der Waals surface area contributed by atoms with Crippen molar-refractivity contribution in [2.75, 3.05) is 0 Å². The molecule has 0 rings (SSSR count). The fourth-order valence-electron chi connectivity index (χ4n) is 1.26. The molecule has 0 aliphatic heterocycles. The summed E-state index contributed by atoms with van der Waals surface area (Å²) in [4.78, 5) is 10.4. The highest BCUT2D eigenvalue weighted by Gasteiger charge is 2.19. The fourth-order valence-corrected chi connectivity index (χ4v) is 1.26. The molecule has 0 fully saturated rings. The summed E-state index contributed by atoms with van der Waals surface area (Å²) in [5.74, 6) is -0.921. The minimum atomic E-state index is -0.699. The Hall–Kier alpha value is -0.0105. The Kier molecular flexibility index (Phi) is 10.1. The quantitative estimate of drug-likeness (QED) is 0.636.